The Balaban J connectivity index is 1.22. The molecule has 7 nitrogen and oxygen atoms in total. The Morgan fingerprint density at radius 1 is 1.10 bits per heavy atom. The minimum absolute atomic E-state index is 0.170. The summed E-state index contributed by atoms with van der Waals surface area (Å²) in [6.07, 6.45) is 0. The molecular formula is C21H23BrN4O3S2. The van der Waals surface area contributed by atoms with Gasteiger partial charge in [0.05, 0.1) is 15.1 Å². The first-order valence-electron chi connectivity index (χ1n) is 9.99. The zero-order valence-electron chi connectivity index (χ0n) is 16.8. The van der Waals surface area contributed by atoms with Gasteiger partial charge in [0.25, 0.3) is 0 Å². The summed E-state index contributed by atoms with van der Waals surface area (Å²) in [4.78, 5) is 21.6. The first-order valence-corrected chi connectivity index (χ1v) is 13.2. The number of hydrogen-bond donors (Lipinski definition) is 1. The van der Waals surface area contributed by atoms with Crippen molar-refractivity contribution in [2.45, 2.75) is 4.90 Å². The molecule has 0 aliphatic carbocycles. The van der Waals surface area contributed by atoms with Gasteiger partial charge in [-0.1, -0.05) is 45.5 Å². The molecule has 1 amide bonds. The van der Waals surface area contributed by atoms with E-state index >= 15 is 0 Å². The number of piperazine rings is 1. The molecule has 0 spiro atoms. The van der Waals surface area contributed by atoms with Crippen LogP contribution >= 0.6 is 27.3 Å². The summed E-state index contributed by atoms with van der Waals surface area (Å²) in [5, 5.41) is 3.77. The third-order valence-corrected chi connectivity index (χ3v) is 8.36. The second-order valence-corrected chi connectivity index (χ2v) is 11.3. The lowest BCUT2D eigenvalue weighted by molar-refractivity contribution is -0.118. The van der Waals surface area contributed by atoms with Crippen molar-refractivity contribution in [1.29, 1.82) is 0 Å². The van der Waals surface area contributed by atoms with E-state index in [9.17, 15) is 13.2 Å². The fraction of sp³-hybridized carbons (Fsp3) is 0.333. The van der Waals surface area contributed by atoms with E-state index in [0.29, 0.717) is 13.1 Å². The smallest absolute Gasteiger partial charge is 0.235 e. The van der Waals surface area contributed by atoms with E-state index in [2.05, 4.69) is 37.1 Å². The van der Waals surface area contributed by atoms with Crippen LogP contribution in [0.5, 0.6) is 0 Å². The lowest BCUT2D eigenvalue weighted by atomic mass is 10.3. The zero-order chi connectivity index (χ0) is 21.8. The molecule has 4 rings (SSSR count). The molecule has 0 unspecified atom stereocenters. The van der Waals surface area contributed by atoms with Gasteiger partial charge in [0.1, 0.15) is 5.75 Å². The van der Waals surface area contributed by atoms with Crippen molar-refractivity contribution < 1.29 is 13.2 Å². The Hall–Kier alpha value is -2.01. The van der Waals surface area contributed by atoms with E-state index in [4.69, 9.17) is 4.98 Å². The highest BCUT2D eigenvalue weighted by molar-refractivity contribution is 9.10. The summed E-state index contributed by atoms with van der Waals surface area (Å²) in [5.74, 6) is -0.999. The molecule has 0 radical (unpaired) electrons. The maximum Gasteiger partial charge on any atom is 0.235 e. The number of fused-ring (bicyclic) bond motifs is 1. The SMILES string of the molecule is O=C(CS(=O)(=O)c1ccccc1)NCCN1CCN(c2nc3ccc(Br)cc3s2)CC1. The van der Waals surface area contributed by atoms with E-state index < -0.39 is 21.5 Å². The van der Waals surface area contributed by atoms with Gasteiger partial charge in [0.2, 0.25) is 5.91 Å². The summed E-state index contributed by atoms with van der Waals surface area (Å²) in [6.45, 7) is 4.61. The number of hydrogen-bond acceptors (Lipinski definition) is 7. The van der Waals surface area contributed by atoms with Gasteiger partial charge in [-0.05, 0) is 30.3 Å². The van der Waals surface area contributed by atoms with Gasteiger partial charge in [0.15, 0.2) is 15.0 Å². The second kappa shape index (κ2) is 9.64. The number of amides is 1. The molecule has 164 valence electrons. The molecule has 1 fully saturated rings. The molecule has 10 heteroatoms. The molecule has 2 aromatic carbocycles. The highest BCUT2D eigenvalue weighted by Gasteiger charge is 2.21. The van der Waals surface area contributed by atoms with Crippen LogP contribution in [0, 0.1) is 0 Å². The first-order chi connectivity index (χ1) is 14.9. The number of thiazole rings is 1. The molecule has 1 aromatic heterocycles. The largest absolute Gasteiger partial charge is 0.354 e. The number of halogens is 1. The molecule has 1 saturated heterocycles. The number of carbonyl (C=O) groups is 1. The molecule has 0 saturated carbocycles. The Kier molecular flexibility index (Phi) is 6.90. The van der Waals surface area contributed by atoms with Crippen molar-refractivity contribution in [2.75, 3.05) is 49.9 Å². The van der Waals surface area contributed by atoms with Crippen LogP contribution in [0.1, 0.15) is 0 Å². The molecular weight excluding hydrogens is 500 g/mol. The van der Waals surface area contributed by atoms with E-state index in [0.717, 1.165) is 41.3 Å². The van der Waals surface area contributed by atoms with Crippen molar-refractivity contribution >= 4 is 58.4 Å². The summed E-state index contributed by atoms with van der Waals surface area (Å²) in [5.41, 5.74) is 1.01. The van der Waals surface area contributed by atoms with Crippen LogP contribution in [0.3, 0.4) is 0 Å². The van der Waals surface area contributed by atoms with Gasteiger partial charge in [0, 0.05) is 43.7 Å². The molecule has 0 bridgehead atoms. The number of nitrogens with zero attached hydrogens (tertiary/aromatic N) is 3. The monoisotopic (exact) mass is 522 g/mol. The first kappa shape index (κ1) is 22.2. The number of anilines is 1. The Bertz CT molecular complexity index is 1160. The van der Waals surface area contributed by atoms with Gasteiger partial charge >= 0.3 is 0 Å². The van der Waals surface area contributed by atoms with Crippen LogP contribution in [0.4, 0.5) is 5.13 Å². The Morgan fingerprint density at radius 2 is 1.84 bits per heavy atom. The van der Waals surface area contributed by atoms with E-state index in [1.54, 1.807) is 29.5 Å². The maximum atomic E-state index is 12.3. The highest BCUT2D eigenvalue weighted by atomic mass is 79.9. The zero-order valence-corrected chi connectivity index (χ0v) is 20.0. The lowest BCUT2D eigenvalue weighted by Gasteiger charge is -2.34. The lowest BCUT2D eigenvalue weighted by Crippen LogP contribution is -2.48. The van der Waals surface area contributed by atoms with Crippen LogP contribution < -0.4 is 10.2 Å². The summed E-state index contributed by atoms with van der Waals surface area (Å²) in [7, 11) is -3.61. The minimum atomic E-state index is -3.61. The number of rotatable bonds is 7. The number of nitrogens with one attached hydrogen (secondary N) is 1. The topological polar surface area (TPSA) is 82.6 Å². The van der Waals surface area contributed by atoms with Gasteiger partial charge in [-0.2, -0.15) is 0 Å². The third-order valence-electron chi connectivity index (χ3n) is 5.16. The van der Waals surface area contributed by atoms with E-state index in [1.165, 1.54) is 16.8 Å². The summed E-state index contributed by atoms with van der Waals surface area (Å²) < 4.78 is 26.8. The number of sulfone groups is 1. The second-order valence-electron chi connectivity index (χ2n) is 7.36. The van der Waals surface area contributed by atoms with Crippen molar-refractivity contribution in [1.82, 2.24) is 15.2 Å². The maximum absolute atomic E-state index is 12.3. The predicted molar refractivity (Wildman–Crippen MR) is 127 cm³/mol. The number of benzene rings is 2. The Morgan fingerprint density at radius 3 is 2.58 bits per heavy atom. The highest BCUT2D eigenvalue weighted by Crippen LogP contribution is 2.31. The Labute approximate surface area is 194 Å². The van der Waals surface area contributed by atoms with E-state index in [1.807, 2.05) is 12.1 Å². The molecule has 1 aliphatic heterocycles. The molecule has 31 heavy (non-hydrogen) atoms. The quantitative estimate of drug-likeness (QED) is 0.513. The van der Waals surface area contributed by atoms with Crippen LogP contribution in [0.2, 0.25) is 0 Å². The standard InChI is InChI=1S/C21H23BrN4O3S2/c22-16-6-7-18-19(14-16)30-21(24-18)26-12-10-25(11-13-26)9-8-23-20(27)15-31(28,29)17-4-2-1-3-5-17/h1-7,14H,8-13,15H2,(H,23,27). The fourth-order valence-electron chi connectivity index (χ4n) is 3.47. The predicted octanol–water partition coefficient (Wildman–Crippen LogP) is 2.77. The van der Waals surface area contributed by atoms with Crippen molar-refractivity contribution in [2.24, 2.45) is 0 Å². The van der Waals surface area contributed by atoms with E-state index in [-0.39, 0.29) is 4.90 Å². The van der Waals surface area contributed by atoms with Crippen molar-refractivity contribution in [3.05, 3.63) is 53.0 Å². The van der Waals surface area contributed by atoms with Crippen LogP contribution in [-0.4, -0.2) is 69.2 Å². The molecule has 3 aromatic rings. The van der Waals surface area contributed by atoms with Crippen LogP contribution in [0.25, 0.3) is 10.2 Å². The minimum Gasteiger partial charge on any atom is -0.354 e. The van der Waals surface area contributed by atoms with Gasteiger partial charge in [-0.15, -0.1) is 0 Å². The van der Waals surface area contributed by atoms with Gasteiger partial charge in [-0.25, -0.2) is 13.4 Å². The molecule has 0 atom stereocenters. The number of carbonyl (C=O) groups excluding carboxylic acids is 1. The number of aromatic nitrogens is 1. The average Bonchev–Trinajstić information content (AvgIpc) is 3.18. The molecule has 1 N–H and O–H groups in total. The van der Waals surface area contributed by atoms with Crippen LogP contribution in [-0.2, 0) is 14.6 Å². The third kappa shape index (κ3) is 5.62. The normalized spacial score (nSPS) is 15.3. The van der Waals surface area contributed by atoms with Crippen molar-refractivity contribution in [3.8, 4) is 0 Å². The average molecular weight is 523 g/mol. The van der Waals surface area contributed by atoms with Gasteiger partial charge in [-0.3, -0.25) is 9.69 Å². The van der Waals surface area contributed by atoms with Crippen molar-refractivity contribution in [3.63, 3.8) is 0 Å². The molecule has 2 heterocycles. The fourth-order valence-corrected chi connectivity index (χ4v) is 6.23. The summed E-state index contributed by atoms with van der Waals surface area (Å²) in [6, 6.07) is 14.2. The summed E-state index contributed by atoms with van der Waals surface area (Å²) >= 11 is 5.20. The van der Waals surface area contributed by atoms with Gasteiger partial charge < -0.3 is 10.2 Å². The van der Waals surface area contributed by atoms with Crippen LogP contribution in [0.15, 0.2) is 57.9 Å². The molecule has 1 aliphatic rings.